The van der Waals surface area contributed by atoms with Crippen LogP contribution >= 0.6 is 0 Å². The summed E-state index contributed by atoms with van der Waals surface area (Å²) in [5.41, 5.74) is 2.19. The monoisotopic (exact) mass is 380 g/mol. The first-order chi connectivity index (χ1) is 13.4. The highest BCUT2D eigenvalue weighted by atomic mass is 16.5. The van der Waals surface area contributed by atoms with Crippen LogP contribution in [-0.2, 0) is 10.2 Å². The van der Waals surface area contributed by atoms with Gasteiger partial charge in [-0.1, -0.05) is 50.5 Å². The summed E-state index contributed by atoms with van der Waals surface area (Å²) < 4.78 is 11.0. The van der Waals surface area contributed by atoms with E-state index < -0.39 is 5.41 Å². The maximum atomic E-state index is 12.4. The van der Waals surface area contributed by atoms with Crippen molar-refractivity contribution in [3.8, 4) is 11.5 Å². The lowest BCUT2D eigenvalue weighted by Crippen LogP contribution is -2.30. The first-order valence-corrected chi connectivity index (χ1v) is 10.4. The molecule has 2 aromatic rings. The van der Waals surface area contributed by atoms with Crippen LogP contribution in [0.2, 0.25) is 0 Å². The van der Waals surface area contributed by atoms with E-state index in [0.717, 1.165) is 25.0 Å². The summed E-state index contributed by atoms with van der Waals surface area (Å²) in [7, 11) is 1.70. The minimum atomic E-state index is -0.466. The van der Waals surface area contributed by atoms with Gasteiger partial charge < -0.3 is 9.47 Å². The Balaban J connectivity index is 1.88. The molecular formula is C25H32O3. The highest BCUT2D eigenvalue weighted by molar-refractivity contribution is 5.78. The quantitative estimate of drug-likeness (QED) is 0.436. The van der Waals surface area contributed by atoms with E-state index in [1.807, 2.05) is 32.9 Å². The van der Waals surface area contributed by atoms with Crippen LogP contribution in [-0.4, -0.2) is 13.1 Å². The lowest BCUT2D eigenvalue weighted by atomic mass is 9.65. The van der Waals surface area contributed by atoms with E-state index in [4.69, 9.17) is 9.47 Å². The van der Waals surface area contributed by atoms with Crippen molar-refractivity contribution in [3.63, 3.8) is 0 Å². The SMILES string of the molecule is CCC(C)(C)C(=O)Oc1ccc(C2(c3ccc(OC)cc3)CCCCC2)cc1. The fourth-order valence-corrected chi connectivity index (χ4v) is 4.04. The van der Waals surface area contributed by atoms with E-state index in [1.54, 1.807) is 7.11 Å². The molecule has 1 aliphatic rings. The topological polar surface area (TPSA) is 35.5 Å². The Morgan fingerprint density at radius 3 is 1.86 bits per heavy atom. The molecule has 0 N–H and O–H groups in total. The Hall–Kier alpha value is -2.29. The molecule has 0 aromatic heterocycles. The van der Waals surface area contributed by atoms with Gasteiger partial charge in [-0.25, -0.2) is 0 Å². The fraction of sp³-hybridized carbons (Fsp3) is 0.480. The largest absolute Gasteiger partial charge is 0.497 e. The number of hydrogen-bond donors (Lipinski definition) is 0. The van der Waals surface area contributed by atoms with Gasteiger partial charge in [-0.05, 0) is 68.5 Å². The van der Waals surface area contributed by atoms with Crippen molar-refractivity contribution in [2.75, 3.05) is 7.11 Å². The lowest BCUT2D eigenvalue weighted by molar-refractivity contribution is -0.144. The second-order valence-electron chi connectivity index (χ2n) is 8.52. The predicted octanol–water partition coefficient (Wildman–Crippen LogP) is 6.29. The Labute approximate surface area is 169 Å². The van der Waals surface area contributed by atoms with Gasteiger partial charge in [0.25, 0.3) is 0 Å². The maximum absolute atomic E-state index is 12.4. The minimum absolute atomic E-state index is 0.0236. The molecule has 1 aliphatic carbocycles. The number of carbonyl (C=O) groups excluding carboxylic acids is 1. The zero-order valence-corrected chi connectivity index (χ0v) is 17.6. The van der Waals surface area contributed by atoms with Crippen LogP contribution in [0.1, 0.15) is 70.4 Å². The number of esters is 1. The highest BCUT2D eigenvalue weighted by Crippen LogP contribution is 2.45. The van der Waals surface area contributed by atoms with Crippen LogP contribution in [0.25, 0.3) is 0 Å². The van der Waals surface area contributed by atoms with Crippen LogP contribution in [0.4, 0.5) is 0 Å². The summed E-state index contributed by atoms with van der Waals surface area (Å²) in [5, 5.41) is 0. The van der Waals surface area contributed by atoms with Crippen LogP contribution in [0.15, 0.2) is 48.5 Å². The Bertz CT molecular complexity index is 782. The molecule has 0 unspecified atom stereocenters. The van der Waals surface area contributed by atoms with E-state index in [0.29, 0.717) is 5.75 Å². The summed E-state index contributed by atoms with van der Waals surface area (Å²) >= 11 is 0. The van der Waals surface area contributed by atoms with E-state index in [-0.39, 0.29) is 11.4 Å². The van der Waals surface area contributed by atoms with Crippen molar-refractivity contribution >= 4 is 5.97 Å². The molecule has 0 spiro atoms. The zero-order valence-electron chi connectivity index (χ0n) is 17.6. The van der Waals surface area contributed by atoms with Gasteiger partial charge in [0.1, 0.15) is 11.5 Å². The Kier molecular flexibility index (Phi) is 6.12. The normalized spacial score (nSPS) is 16.4. The third-order valence-electron chi connectivity index (χ3n) is 6.40. The molecule has 0 heterocycles. The molecule has 0 aliphatic heterocycles. The minimum Gasteiger partial charge on any atom is -0.497 e. The molecule has 0 atom stereocenters. The van der Waals surface area contributed by atoms with E-state index in [2.05, 4.69) is 36.4 Å². The van der Waals surface area contributed by atoms with Gasteiger partial charge in [0, 0.05) is 5.41 Å². The van der Waals surface area contributed by atoms with Crippen LogP contribution in [0.3, 0.4) is 0 Å². The average molecular weight is 381 g/mol. The molecule has 3 rings (SSSR count). The van der Waals surface area contributed by atoms with E-state index in [1.165, 1.54) is 30.4 Å². The third kappa shape index (κ3) is 4.09. The molecule has 1 fully saturated rings. The number of rotatable bonds is 6. The van der Waals surface area contributed by atoms with Crippen molar-refractivity contribution in [3.05, 3.63) is 59.7 Å². The van der Waals surface area contributed by atoms with Crippen LogP contribution in [0.5, 0.6) is 11.5 Å². The molecule has 28 heavy (non-hydrogen) atoms. The van der Waals surface area contributed by atoms with Crippen molar-refractivity contribution in [1.82, 2.24) is 0 Å². The molecule has 0 amide bonds. The van der Waals surface area contributed by atoms with Gasteiger partial charge in [0.2, 0.25) is 0 Å². The van der Waals surface area contributed by atoms with Gasteiger partial charge in [0.05, 0.1) is 12.5 Å². The molecule has 150 valence electrons. The first kappa shape index (κ1) is 20.4. The molecule has 3 nitrogen and oxygen atoms in total. The standard InChI is InChI=1S/C25H32O3/c1-5-24(2,3)23(26)28-22-15-11-20(12-16-22)25(17-7-6-8-18-25)19-9-13-21(27-4)14-10-19/h9-16H,5-8,17-18H2,1-4H3. The van der Waals surface area contributed by atoms with Gasteiger partial charge in [-0.15, -0.1) is 0 Å². The van der Waals surface area contributed by atoms with Gasteiger partial charge in [-0.3, -0.25) is 4.79 Å². The van der Waals surface area contributed by atoms with E-state index in [9.17, 15) is 4.79 Å². The molecule has 0 radical (unpaired) electrons. The van der Waals surface area contributed by atoms with Crippen molar-refractivity contribution in [1.29, 1.82) is 0 Å². The van der Waals surface area contributed by atoms with Crippen molar-refractivity contribution in [2.45, 2.75) is 64.7 Å². The summed E-state index contributed by atoms with van der Waals surface area (Å²) in [6.45, 7) is 5.85. The second-order valence-corrected chi connectivity index (χ2v) is 8.52. The number of carbonyl (C=O) groups is 1. The maximum Gasteiger partial charge on any atom is 0.316 e. The van der Waals surface area contributed by atoms with Gasteiger partial charge >= 0.3 is 5.97 Å². The Morgan fingerprint density at radius 2 is 1.39 bits per heavy atom. The molecule has 0 saturated heterocycles. The smallest absolute Gasteiger partial charge is 0.316 e. The van der Waals surface area contributed by atoms with Crippen LogP contribution in [0, 0.1) is 5.41 Å². The molecule has 1 saturated carbocycles. The first-order valence-electron chi connectivity index (χ1n) is 10.4. The average Bonchev–Trinajstić information content (AvgIpc) is 2.74. The highest BCUT2D eigenvalue weighted by Gasteiger charge is 2.36. The van der Waals surface area contributed by atoms with Crippen LogP contribution < -0.4 is 9.47 Å². The number of benzene rings is 2. The summed E-state index contributed by atoms with van der Waals surface area (Å²) in [5.74, 6) is 1.33. The molecular weight excluding hydrogens is 348 g/mol. The Morgan fingerprint density at radius 1 is 0.893 bits per heavy atom. The fourth-order valence-electron chi connectivity index (χ4n) is 4.04. The predicted molar refractivity (Wildman–Crippen MR) is 113 cm³/mol. The van der Waals surface area contributed by atoms with Gasteiger partial charge in [-0.2, -0.15) is 0 Å². The zero-order chi connectivity index (χ0) is 20.2. The molecule has 2 aromatic carbocycles. The number of methoxy groups -OCH3 is 1. The van der Waals surface area contributed by atoms with Crippen molar-refractivity contribution < 1.29 is 14.3 Å². The summed E-state index contributed by atoms with van der Waals surface area (Å²) in [6, 6.07) is 16.7. The lowest BCUT2D eigenvalue weighted by Gasteiger charge is -2.38. The van der Waals surface area contributed by atoms with E-state index >= 15 is 0 Å². The van der Waals surface area contributed by atoms with Crippen molar-refractivity contribution in [2.24, 2.45) is 5.41 Å². The number of ether oxygens (including phenoxy) is 2. The molecule has 3 heteroatoms. The molecule has 0 bridgehead atoms. The number of hydrogen-bond acceptors (Lipinski definition) is 3. The second kappa shape index (κ2) is 8.38. The van der Waals surface area contributed by atoms with Gasteiger partial charge in [0.15, 0.2) is 0 Å². The summed E-state index contributed by atoms with van der Waals surface area (Å²) in [4.78, 5) is 12.4. The third-order valence-corrected chi connectivity index (χ3v) is 6.40. The summed E-state index contributed by atoms with van der Waals surface area (Å²) in [6.07, 6.45) is 6.79.